The molecule has 0 aromatic heterocycles. The Hall–Kier alpha value is -3.10. The third-order valence-corrected chi connectivity index (χ3v) is 9.23. The number of benzene rings is 3. The van der Waals surface area contributed by atoms with Gasteiger partial charge >= 0.3 is 0 Å². The Morgan fingerprint density at radius 2 is 0.640 bits per heavy atom. The topological polar surface area (TPSA) is 97.6 Å². The molecule has 0 radical (unpaired) electrons. The van der Waals surface area contributed by atoms with Crippen LogP contribution >= 0.6 is 0 Å². The van der Waals surface area contributed by atoms with Gasteiger partial charge in [0.25, 0.3) is 0 Å². The van der Waals surface area contributed by atoms with E-state index in [1.807, 2.05) is 24.3 Å². The highest BCUT2D eigenvalue weighted by Gasteiger charge is 2.25. The molecule has 50 heavy (non-hydrogen) atoms. The lowest BCUT2D eigenvalue weighted by atomic mass is 9.80. The molecule has 0 aliphatic carbocycles. The highest BCUT2D eigenvalue weighted by Crippen LogP contribution is 2.41. The molecule has 0 heterocycles. The lowest BCUT2D eigenvalue weighted by Gasteiger charge is -2.25. The van der Waals surface area contributed by atoms with Gasteiger partial charge in [-0.15, -0.1) is 0 Å². The molecule has 3 rings (SSSR count). The van der Waals surface area contributed by atoms with Gasteiger partial charge in [0.15, 0.2) is 0 Å². The fourth-order valence-corrected chi connectivity index (χ4v) is 6.13. The van der Waals surface area contributed by atoms with Crippen molar-refractivity contribution >= 4 is 0 Å². The minimum absolute atomic E-state index is 0.204. The van der Waals surface area contributed by atoms with E-state index in [-0.39, 0.29) is 43.8 Å². The second-order valence-electron chi connectivity index (χ2n) is 13.3. The summed E-state index contributed by atoms with van der Waals surface area (Å²) in [6.07, 6.45) is 9.27. The lowest BCUT2D eigenvalue weighted by Crippen LogP contribution is -2.10. The molecule has 0 saturated heterocycles. The molecule has 0 aliphatic rings. The van der Waals surface area contributed by atoms with Crippen LogP contribution in [-0.4, -0.2) is 41.7 Å². The minimum atomic E-state index is -0.292. The first-order chi connectivity index (χ1) is 24.3. The van der Waals surface area contributed by atoms with Crippen LogP contribution in [-0.2, 0) is 58.2 Å². The van der Waals surface area contributed by atoms with Crippen molar-refractivity contribution in [1.29, 1.82) is 0 Å². The van der Waals surface area contributed by atoms with E-state index in [1.54, 1.807) is 0 Å². The number of ether oxygens (including phenoxy) is 4. The molecule has 3 N–H and O–H groups in total. The van der Waals surface area contributed by atoms with E-state index in [4.69, 9.17) is 18.9 Å². The van der Waals surface area contributed by atoms with Gasteiger partial charge in [-0.25, -0.2) is 0 Å². The van der Waals surface area contributed by atoms with E-state index in [0.717, 1.165) is 79.2 Å². The number of phenolic OH excluding ortho intramolecular Hbond substituents is 3. The fraction of sp³-hybridized carbons (Fsp3) is 0.581. The summed E-state index contributed by atoms with van der Waals surface area (Å²) in [5.74, 6) is 0.463. The summed E-state index contributed by atoms with van der Waals surface area (Å²) in [5.41, 5.74) is 7.61. The number of aromatic hydroxyl groups is 3. The zero-order chi connectivity index (χ0) is 36.3. The van der Waals surface area contributed by atoms with Crippen LogP contribution in [0, 0.1) is 0 Å². The standard InChI is InChI=1S/C43H64O7/c1-7-13-17-47-27-36-23-34(24-37(42(36)45)28-48-18-14-8-2)40(33-21-31(11-5)41(44)32(12-6)22-33)35-25-38(29-49-19-15-9-3)43(46)39(26-35)30-50-20-16-10-4/h21-26,40,44-46H,7-20,27-30H2,1-6H3. The number of hydrogen-bond donors (Lipinski definition) is 3. The SMILES string of the molecule is CCCCOCc1cc(C(c2cc(CC)c(O)c(CC)c2)c2cc(COCCCC)c(O)c(COCCCC)c2)cc(COCCCC)c1O. The van der Waals surface area contributed by atoms with Crippen LogP contribution in [0.25, 0.3) is 0 Å². The van der Waals surface area contributed by atoms with E-state index in [1.165, 1.54) is 0 Å². The van der Waals surface area contributed by atoms with Gasteiger partial charge in [0.1, 0.15) is 17.2 Å². The normalized spacial score (nSPS) is 11.6. The number of phenols is 3. The maximum Gasteiger partial charge on any atom is 0.126 e. The van der Waals surface area contributed by atoms with E-state index in [2.05, 4.69) is 53.7 Å². The fourth-order valence-electron chi connectivity index (χ4n) is 6.13. The van der Waals surface area contributed by atoms with Crippen LogP contribution in [0.1, 0.15) is 149 Å². The maximum atomic E-state index is 11.5. The van der Waals surface area contributed by atoms with Crippen LogP contribution in [0.3, 0.4) is 0 Å². The predicted octanol–water partition coefficient (Wildman–Crippen LogP) is 10.4. The van der Waals surface area contributed by atoms with Gasteiger partial charge < -0.3 is 34.3 Å². The van der Waals surface area contributed by atoms with Crippen molar-refractivity contribution in [2.75, 3.05) is 26.4 Å². The zero-order valence-corrected chi connectivity index (χ0v) is 31.7. The number of aryl methyl sites for hydroxylation is 2. The number of hydrogen-bond acceptors (Lipinski definition) is 7. The molecule has 0 fully saturated rings. The summed E-state index contributed by atoms with van der Waals surface area (Å²) < 4.78 is 24.2. The van der Waals surface area contributed by atoms with Gasteiger partial charge in [-0.1, -0.05) is 79.4 Å². The van der Waals surface area contributed by atoms with Gasteiger partial charge in [-0.05, 0) is 90.6 Å². The van der Waals surface area contributed by atoms with Gasteiger partial charge in [0.2, 0.25) is 0 Å². The Morgan fingerprint density at radius 1 is 0.400 bits per heavy atom. The Kier molecular flexibility index (Phi) is 18.7. The third kappa shape index (κ3) is 12.0. The molecule has 0 aliphatic heterocycles. The molecular formula is C43H64O7. The van der Waals surface area contributed by atoms with Crippen molar-refractivity contribution in [3.63, 3.8) is 0 Å². The van der Waals surface area contributed by atoms with Gasteiger partial charge in [0, 0.05) is 54.6 Å². The van der Waals surface area contributed by atoms with Gasteiger partial charge in [-0.2, -0.15) is 0 Å². The second kappa shape index (κ2) is 22.7. The van der Waals surface area contributed by atoms with Crippen LogP contribution in [0.2, 0.25) is 0 Å². The molecule has 0 amide bonds. The van der Waals surface area contributed by atoms with E-state index in [0.29, 0.717) is 67.3 Å². The largest absolute Gasteiger partial charge is 0.507 e. The second-order valence-corrected chi connectivity index (χ2v) is 13.3. The number of rotatable bonds is 25. The Labute approximate surface area is 302 Å². The molecule has 0 saturated carbocycles. The first-order valence-corrected chi connectivity index (χ1v) is 19.2. The molecule has 3 aromatic rings. The average molecular weight is 693 g/mol. The van der Waals surface area contributed by atoms with Crippen LogP contribution in [0.5, 0.6) is 17.2 Å². The molecule has 278 valence electrons. The van der Waals surface area contributed by atoms with Crippen molar-refractivity contribution in [3.8, 4) is 17.2 Å². The Balaban J connectivity index is 2.29. The van der Waals surface area contributed by atoms with Crippen molar-refractivity contribution in [2.45, 2.75) is 138 Å². The average Bonchev–Trinajstić information content (AvgIpc) is 3.12. The van der Waals surface area contributed by atoms with Crippen LogP contribution < -0.4 is 0 Å². The first kappa shape index (κ1) is 41.3. The molecule has 0 unspecified atom stereocenters. The van der Waals surface area contributed by atoms with Crippen LogP contribution in [0.4, 0.5) is 0 Å². The molecule has 7 heteroatoms. The van der Waals surface area contributed by atoms with E-state index in [9.17, 15) is 15.3 Å². The lowest BCUT2D eigenvalue weighted by molar-refractivity contribution is 0.111. The Morgan fingerprint density at radius 3 is 0.880 bits per heavy atom. The Bertz CT molecular complexity index is 1260. The quantitative estimate of drug-likeness (QED) is 0.0601. The smallest absolute Gasteiger partial charge is 0.126 e. The summed E-state index contributed by atoms with van der Waals surface area (Å²) in [4.78, 5) is 0. The minimum Gasteiger partial charge on any atom is -0.507 e. The highest BCUT2D eigenvalue weighted by atomic mass is 16.5. The molecule has 0 atom stereocenters. The third-order valence-electron chi connectivity index (χ3n) is 9.23. The van der Waals surface area contributed by atoms with Crippen molar-refractivity contribution in [2.24, 2.45) is 0 Å². The molecule has 3 aromatic carbocycles. The summed E-state index contributed by atoms with van der Waals surface area (Å²) in [6.45, 7) is 16.3. The number of unbranched alkanes of at least 4 members (excludes halogenated alkanes) is 4. The molecular weight excluding hydrogens is 628 g/mol. The van der Waals surface area contributed by atoms with E-state index >= 15 is 0 Å². The summed E-state index contributed by atoms with van der Waals surface area (Å²) >= 11 is 0. The van der Waals surface area contributed by atoms with Crippen molar-refractivity contribution < 1.29 is 34.3 Å². The van der Waals surface area contributed by atoms with Crippen molar-refractivity contribution in [3.05, 3.63) is 86.5 Å². The van der Waals surface area contributed by atoms with Gasteiger partial charge in [-0.3, -0.25) is 0 Å². The predicted molar refractivity (Wildman–Crippen MR) is 202 cm³/mol. The summed E-state index contributed by atoms with van der Waals surface area (Å²) in [5, 5.41) is 34.1. The zero-order valence-electron chi connectivity index (χ0n) is 31.7. The molecule has 0 bridgehead atoms. The highest BCUT2D eigenvalue weighted by molar-refractivity contribution is 5.56. The molecule has 7 nitrogen and oxygen atoms in total. The van der Waals surface area contributed by atoms with Crippen molar-refractivity contribution in [1.82, 2.24) is 0 Å². The van der Waals surface area contributed by atoms with E-state index < -0.39 is 0 Å². The summed E-state index contributed by atoms with van der Waals surface area (Å²) in [6, 6.07) is 12.4. The van der Waals surface area contributed by atoms with Gasteiger partial charge in [0.05, 0.1) is 26.4 Å². The molecule has 0 spiro atoms. The first-order valence-electron chi connectivity index (χ1n) is 19.2. The van der Waals surface area contributed by atoms with Crippen LogP contribution in [0.15, 0.2) is 36.4 Å². The maximum absolute atomic E-state index is 11.5. The summed E-state index contributed by atoms with van der Waals surface area (Å²) in [7, 11) is 0. The monoisotopic (exact) mass is 692 g/mol.